The lowest BCUT2D eigenvalue weighted by atomic mass is 10.2. The van der Waals surface area contributed by atoms with E-state index in [1.54, 1.807) is 0 Å². The predicted molar refractivity (Wildman–Crippen MR) is 55.0 cm³/mol. The van der Waals surface area contributed by atoms with E-state index in [1.807, 2.05) is 6.92 Å². The zero-order chi connectivity index (χ0) is 12.1. The molecule has 0 bridgehead atoms. The number of ether oxygens (including phenoxy) is 1. The number of likely N-dealkylation sites (tertiary alicyclic amines) is 1. The van der Waals surface area contributed by atoms with Gasteiger partial charge in [-0.3, -0.25) is 4.90 Å². The third-order valence-electron chi connectivity index (χ3n) is 2.58. The maximum atomic E-state index is 11.5. The fourth-order valence-corrected chi connectivity index (χ4v) is 1.67. The van der Waals surface area contributed by atoms with Gasteiger partial charge in [0.05, 0.1) is 12.7 Å². The highest BCUT2D eigenvalue weighted by Crippen LogP contribution is 2.19. The van der Waals surface area contributed by atoms with Gasteiger partial charge in [0, 0.05) is 6.54 Å². The molecular formula is C10H17NO5. The molecule has 1 heterocycles. The lowest BCUT2D eigenvalue weighted by molar-refractivity contribution is -0.144. The van der Waals surface area contributed by atoms with Crippen LogP contribution in [0.1, 0.15) is 26.2 Å². The summed E-state index contributed by atoms with van der Waals surface area (Å²) < 4.78 is 4.91. The SMILES string of the molecule is CCCCOC(=O)N1CCC(O)C1C(=O)O. The Morgan fingerprint density at radius 1 is 1.50 bits per heavy atom. The molecule has 2 N–H and O–H groups in total. The third kappa shape index (κ3) is 2.85. The van der Waals surface area contributed by atoms with Gasteiger partial charge in [0.1, 0.15) is 0 Å². The molecule has 1 aliphatic rings. The van der Waals surface area contributed by atoms with E-state index in [9.17, 15) is 14.7 Å². The number of amides is 1. The van der Waals surface area contributed by atoms with Crippen molar-refractivity contribution in [2.75, 3.05) is 13.2 Å². The Morgan fingerprint density at radius 3 is 2.75 bits per heavy atom. The zero-order valence-corrected chi connectivity index (χ0v) is 9.26. The van der Waals surface area contributed by atoms with E-state index in [1.165, 1.54) is 0 Å². The maximum absolute atomic E-state index is 11.5. The molecule has 1 rings (SSSR count). The van der Waals surface area contributed by atoms with Gasteiger partial charge in [-0.25, -0.2) is 9.59 Å². The van der Waals surface area contributed by atoms with Crippen molar-refractivity contribution in [1.82, 2.24) is 4.90 Å². The molecule has 2 atom stereocenters. The number of carbonyl (C=O) groups excluding carboxylic acids is 1. The highest BCUT2D eigenvalue weighted by atomic mass is 16.6. The Morgan fingerprint density at radius 2 is 2.19 bits per heavy atom. The summed E-state index contributed by atoms with van der Waals surface area (Å²) in [6.45, 7) is 2.48. The van der Waals surface area contributed by atoms with Gasteiger partial charge >= 0.3 is 12.1 Å². The number of hydrogen-bond acceptors (Lipinski definition) is 4. The number of hydrogen-bond donors (Lipinski definition) is 2. The van der Waals surface area contributed by atoms with Gasteiger partial charge in [-0.1, -0.05) is 13.3 Å². The lowest BCUT2D eigenvalue weighted by Crippen LogP contribution is -2.45. The Balaban J connectivity index is 2.51. The van der Waals surface area contributed by atoms with Crippen molar-refractivity contribution in [3.05, 3.63) is 0 Å². The van der Waals surface area contributed by atoms with Gasteiger partial charge in [-0.05, 0) is 12.8 Å². The molecule has 1 saturated heterocycles. The summed E-state index contributed by atoms with van der Waals surface area (Å²) in [5, 5.41) is 18.3. The molecule has 1 fully saturated rings. The quantitative estimate of drug-likeness (QED) is 0.686. The topological polar surface area (TPSA) is 87.1 Å². The van der Waals surface area contributed by atoms with E-state index < -0.39 is 24.2 Å². The highest BCUT2D eigenvalue weighted by molar-refractivity contribution is 5.81. The van der Waals surface area contributed by atoms with Gasteiger partial charge < -0.3 is 14.9 Å². The van der Waals surface area contributed by atoms with E-state index in [2.05, 4.69) is 0 Å². The second-order valence-electron chi connectivity index (χ2n) is 3.80. The molecule has 92 valence electrons. The molecule has 16 heavy (non-hydrogen) atoms. The van der Waals surface area contributed by atoms with E-state index in [4.69, 9.17) is 9.84 Å². The number of aliphatic hydroxyl groups is 1. The van der Waals surface area contributed by atoms with Crippen LogP contribution in [0, 0.1) is 0 Å². The molecule has 2 unspecified atom stereocenters. The van der Waals surface area contributed by atoms with Crippen LogP contribution in [0.3, 0.4) is 0 Å². The fraction of sp³-hybridized carbons (Fsp3) is 0.800. The number of aliphatic carboxylic acids is 1. The van der Waals surface area contributed by atoms with E-state index in [0.29, 0.717) is 0 Å². The van der Waals surface area contributed by atoms with Crippen LogP contribution in [0.4, 0.5) is 4.79 Å². The van der Waals surface area contributed by atoms with Crippen molar-refractivity contribution in [3.8, 4) is 0 Å². The first-order chi connectivity index (χ1) is 7.57. The first-order valence-corrected chi connectivity index (χ1v) is 5.42. The van der Waals surface area contributed by atoms with Gasteiger partial charge in [0.15, 0.2) is 6.04 Å². The van der Waals surface area contributed by atoms with Crippen LogP contribution in [0.15, 0.2) is 0 Å². The van der Waals surface area contributed by atoms with Crippen molar-refractivity contribution in [2.24, 2.45) is 0 Å². The molecule has 1 amide bonds. The van der Waals surface area contributed by atoms with E-state index in [0.717, 1.165) is 17.7 Å². The van der Waals surface area contributed by atoms with Crippen LogP contribution in [-0.4, -0.2) is 52.5 Å². The Hall–Kier alpha value is -1.30. The fourth-order valence-electron chi connectivity index (χ4n) is 1.67. The molecular weight excluding hydrogens is 214 g/mol. The summed E-state index contributed by atoms with van der Waals surface area (Å²) in [4.78, 5) is 23.4. The smallest absolute Gasteiger partial charge is 0.410 e. The first kappa shape index (κ1) is 12.8. The summed E-state index contributed by atoms with van der Waals surface area (Å²) in [6.07, 6.45) is 0.270. The van der Waals surface area contributed by atoms with Gasteiger partial charge in [0.25, 0.3) is 0 Å². The van der Waals surface area contributed by atoms with Crippen LogP contribution in [0.5, 0.6) is 0 Å². The van der Waals surface area contributed by atoms with Crippen molar-refractivity contribution in [3.63, 3.8) is 0 Å². The number of nitrogens with zero attached hydrogens (tertiary/aromatic N) is 1. The van der Waals surface area contributed by atoms with E-state index >= 15 is 0 Å². The van der Waals surface area contributed by atoms with Crippen LogP contribution in [0.25, 0.3) is 0 Å². The summed E-state index contributed by atoms with van der Waals surface area (Å²) in [5.41, 5.74) is 0. The lowest BCUT2D eigenvalue weighted by Gasteiger charge is -2.21. The second kappa shape index (κ2) is 5.69. The Labute approximate surface area is 93.8 Å². The number of rotatable bonds is 4. The van der Waals surface area contributed by atoms with E-state index in [-0.39, 0.29) is 19.6 Å². The monoisotopic (exact) mass is 231 g/mol. The standard InChI is InChI=1S/C10H17NO5/c1-2-3-6-16-10(15)11-5-4-7(12)8(11)9(13)14/h7-8,12H,2-6H2,1H3,(H,13,14). The second-order valence-corrected chi connectivity index (χ2v) is 3.80. The minimum absolute atomic E-state index is 0.225. The maximum Gasteiger partial charge on any atom is 0.410 e. The van der Waals surface area contributed by atoms with Gasteiger partial charge in [0.2, 0.25) is 0 Å². The zero-order valence-electron chi connectivity index (χ0n) is 9.26. The molecule has 0 saturated carbocycles. The van der Waals surface area contributed by atoms with Crippen molar-refractivity contribution >= 4 is 12.1 Å². The average Bonchev–Trinajstić information content (AvgIpc) is 2.60. The molecule has 6 nitrogen and oxygen atoms in total. The number of carboxylic acids is 1. The largest absolute Gasteiger partial charge is 0.480 e. The normalized spacial score (nSPS) is 24.5. The minimum Gasteiger partial charge on any atom is -0.480 e. The Kier molecular flexibility index (Phi) is 4.54. The molecule has 0 aromatic heterocycles. The summed E-state index contributed by atoms with van der Waals surface area (Å²) >= 11 is 0. The molecule has 6 heteroatoms. The van der Waals surface area contributed by atoms with Gasteiger partial charge in [-0.15, -0.1) is 0 Å². The number of unbranched alkanes of at least 4 members (excludes halogenated alkanes) is 1. The molecule has 0 aromatic rings. The van der Waals surface area contributed by atoms with Crippen LogP contribution in [-0.2, 0) is 9.53 Å². The molecule has 0 radical (unpaired) electrons. The summed E-state index contributed by atoms with van der Waals surface area (Å²) in [5.74, 6) is -1.20. The first-order valence-electron chi connectivity index (χ1n) is 5.42. The Bertz CT molecular complexity index is 268. The molecule has 0 aliphatic carbocycles. The number of aliphatic hydroxyl groups excluding tert-OH is 1. The highest BCUT2D eigenvalue weighted by Gasteiger charge is 2.41. The third-order valence-corrected chi connectivity index (χ3v) is 2.58. The number of carbonyl (C=O) groups is 2. The van der Waals surface area contributed by atoms with Crippen molar-refractivity contribution < 1.29 is 24.5 Å². The van der Waals surface area contributed by atoms with Crippen LogP contribution in [0.2, 0.25) is 0 Å². The van der Waals surface area contributed by atoms with Gasteiger partial charge in [-0.2, -0.15) is 0 Å². The minimum atomic E-state index is -1.20. The molecule has 1 aliphatic heterocycles. The average molecular weight is 231 g/mol. The summed E-state index contributed by atoms with van der Waals surface area (Å²) in [6, 6.07) is -1.17. The summed E-state index contributed by atoms with van der Waals surface area (Å²) in [7, 11) is 0. The molecule has 0 spiro atoms. The van der Waals surface area contributed by atoms with Crippen LogP contribution >= 0.6 is 0 Å². The predicted octanol–water partition coefficient (Wildman–Crippen LogP) is 0.443. The van der Waals surface area contributed by atoms with Crippen molar-refractivity contribution in [1.29, 1.82) is 0 Å². The van der Waals surface area contributed by atoms with Crippen LogP contribution < -0.4 is 0 Å². The number of carboxylic acid groups (broad SMARTS) is 1. The molecule has 0 aromatic carbocycles. The van der Waals surface area contributed by atoms with Crippen molar-refractivity contribution in [2.45, 2.75) is 38.3 Å².